The molecule has 0 aliphatic rings. The van der Waals surface area contributed by atoms with Crippen molar-refractivity contribution < 1.29 is 9.53 Å². The molecule has 0 amide bonds. The molecule has 0 saturated heterocycles. The van der Waals surface area contributed by atoms with Gasteiger partial charge in [-0.3, -0.25) is 4.79 Å². The Balaban J connectivity index is 1.61. The van der Waals surface area contributed by atoms with Crippen LogP contribution in [0.2, 0.25) is 5.02 Å². The fourth-order valence-corrected chi connectivity index (χ4v) is 3.53. The zero-order valence-electron chi connectivity index (χ0n) is 15.0. The van der Waals surface area contributed by atoms with Crippen LogP contribution in [0.4, 0.5) is 0 Å². The molecule has 0 unspecified atom stereocenters. The lowest BCUT2D eigenvalue weighted by atomic mass is 10.1. The molecule has 2 aromatic carbocycles. The number of methoxy groups -OCH3 is 1. The molecular weight excluding hydrogens is 416 g/mol. The number of aromatic nitrogens is 6. The first-order valence-electron chi connectivity index (χ1n) is 8.33. The summed E-state index contributed by atoms with van der Waals surface area (Å²) in [6.45, 7) is 0. The molecule has 0 aliphatic carbocycles. The van der Waals surface area contributed by atoms with Crippen molar-refractivity contribution in [3.05, 3.63) is 69.2 Å². The van der Waals surface area contributed by atoms with E-state index in [1.807, 2.05) is 0 Å². The van der Waals surface area contributed by atoms with Gasteiger partial charge < -0.3 is 9.72 Å². The van der Waals surface area contributed by atoms with Crippen LogP contribution in [0.15, 0.2) is 52.4 Å². The van der Waals surface area contributed by atoms with E-state index in [4.69, 9.17) is 16.3 Å². The predicted octanol–water partition coefficient (Wildman–Crippen LogP) is 2.63. The Morgan fingerprint density at radius 2 is 2.03 bits per heavy atom. The average Bonchev–Trinajstić information content (AvgIpc) is 3.20. The summed E-state index contributed by atoms with van der Waals surface area (Å²) < 4.78 is 6.28. The van der Waals surface area contributed by atoms with Crippen molar-refractivity contribution in [2.75, 3.05) is 7.11 Å². The molecule has 146 valence electrons. The molecule has 0 spiro atoms. The number of benzene rings is 2. The second-order valence-corrected chi connectivity index (χ2v) is 7.25. The van der Waals surface area contributed by atoms with Crippen LogP contribution in [0.3, 0.4) is 0 Å². The molecule has 9 nitrogen and oxygen atoms in total. The number of halogens is 1. The minimum atomic E-state index is -0.493. The van der Waals surface area contributed by atoms with Crippen molar-refractivity contribution in [2.45, 2.75) is 10.9 Å². The fraction of sp³-hybridized carbons (Fsp3) is 0.111. The highest BCUT2D eigenvalue weighted by Crippen LogP contribution is 2.22. The third kappa shape index (κ3) is 3.98. The first-order valence-corrected chi connectivity index (χ1v) is 9.70. The average molecular weight is 429 g/mol. The Morgan fingerprint density at radius 3 is 2.79 bits per heavy atom. The number of rotatable bonds is 5. The van der Waals surface area contributed by atoms with Crippen molar-refractivity contribution in [2.24, 2.45) is 0 Å². The quantitative estimate of drug-likeness (QED) is 0.381. The summed E-state index contributed by atoms with van der Waals surface area (Å²) in [6.07, 6.45) is 0. The second kappa shape index (κ2) is 8.02. The van der Waals surface area contributed by atoms with Gasteiger partial charge in [0, 0.05) is 5.02 Å². The molecule has 2 heterocycles. The summed E-state index contributed by atoms with van der Waals surface area (Å²) in [6, 6.07) is 11.7. The van der Waals surface area contributed by atoms with Gasteiger partial charge in [0.1, 0.15) is 5.82 Å². The molecule has 4 rings (SSSR count). The van der Waals surface area contributed by atoms with Gasteiger partial charge in [0.2, 0.25) is 5.16 Å². The molecule has 0 atom stereocenters. The molecule has 0 bridgehead atoms. The topological polar surface area (TPSA) is 116 Å². The Kier molecular flexibility index (Phi) is 5.28. The lowest BCUT2D eigenvalue weighted by Crippen LogP contribution is -2.12. The van der Waals surface area contributed by atoms with E-state index in [1.54, 1.807) is 35.0 Å². The number of fused-ring (bicyclic) bond motifs is 1. The Hall–Kier alpha value is -3.24. The van der Waals surface area contributed by atoms with Gasteiger partial charge in [0.25, 0.3) is 5.56 Å². The number of nitrogens with zero attached hydrogens (tertiary/aromatic N) is 5. The number of ether oxygens (including phenoxy) is 1. The highest BCUT2D eigenvalue weighted by atomic mass is 35.5. The molecular formula is C18H13ClN6O3S. The number of tetrazole rings is 1. The Morgan fingerprint density at radius 1 is 1.24 bits per heavy atom. The van der Waals surface area contributed by atoms with Crippen LogP contribution in [0.25, 0.3) is 16.6 Å². The molecule has 29 heavy (non-hydrogen) atoms. The van der Waals surface area contributed by atoms with E-state index in [2.05, 4.69) is 25.5 Å². The highest BCUT2D eigenvalue weighted by Gasteiger charge is 2.13. The van der Waals surface area contributed by atoms with Gasteiger partial charge in [-0.2, -0.15) is 4.68 Å². The minimum absolute atomic E-state index is 0.292. The number of carbonyl (C=O) groups is 1. The molecule has 4 aromatic rings. The van der Waals surface area contributed by atoms with Gasteiger partial charge in [-0.05, 0) is 52.9 Å². The maximum absolute atomic E-state index is 12.4. The number of carbonyl (C=O) groups excluding carboxylic acids is 1. The summed E-state index contributed by atoms with van der Waals surface area (Å²) in [5.74, 6) is 0.258. The van der Waals surface area contributed by atoms with Crippen LogP contribution in [-0.4, -0.2) is 43.3 Å². The molecule has 11 heteroatoms. The summed E-state index contributed by atoms with van der Waals surface area (Å²) >= 11 is 7.23. The number of esters is 1. The van der Waals surface area contributed by atoms with Crippen LogP contribution < -0.4 is 5.56 Å². The van der Waals surface area contributed by atoms with Crippen molar-refractivity contribution in [3.8, 4) is 5.69 Å². The van der Waals surface area contributed by atoms with Crippen LogP contribution in [-0.2, 0) is 10.5 Å². The lowest BCUT2D eigenvalue weighted by molar-refractivity contribution is 0.0601. The van der Waals surface area contributed by atoms with Crippen LogP contribution >= 0.6 is 23.4 Å². The number of nitrogens with one attached hydrogen (secondary N) is 1. The maximum atomic E-state index is 12.4. The summed E-state index contributed by atoms with van der Waals surface area (Å²) in [7, 11) is 1.30. The van der Waals surface area contributed by atoms with Gasteiger partial charge in [0.05, 0.1) is 35.0 Å². The van der Waals surface area contributed by atoms with E-state index in [9.17, 15) is 9.59 Å². The van der Waals surface area contributed by atoms with Gasteiger partial charge in [-0.1, -0.05) is 23.4 Å². The predicted molar refractivity (Wildman–Crippen MR) is 107 cm³/mol. The van der Waals surface area contributed by atoms with Crippen molar-refractivity contribution in [1.29, 1.82) is 0 Å². The van der Waals surface area contributed by atoms with E-state index < -0.39 is 5.97 Å². The van der Waals surface area contributed by atoms with Crippen LogP contribution in [0, 0.1) is 0 Å². The summed E-state index contributed by atoms with van der Waals surface area (Å²) in [5.41, 5.74) is 1.19. The van der Waals surface area contributed by atoms with Crippen molar-refractivity contribution >= 4 is 40.2 Å². The standard InChI is InChI=1S/C18H13ClN6O3S/c1-28-17(27)10-2-7-13-14(8-10)20-15(21-16(13)26)9-29-18-22-23-24-25(18)12-5-3-11(19)4-6-12/h2-8H,9H2,1H3,(H,20,21,26). The van der Waals surface area contributed by atoms with Crippen molar-refractivity contribution in [1.82, 2.24) is 30.2 Å². The first kappa shape index (κ1) is 19.1. The van der Waals surface area contributed by atoms with Gasteiger partial charge in [0.15, 0.2) is 0 Å². The molecule has 0 fully saturated rings. The van der Waals surface area contributed by atoms with Gasteiger partial charge >= 0.3 is 5.97 Å². The lowest BCUT2D eigenvalue weighted by Gasteiger charge is -2.06. The monoisotopic (exact) mass is 428 g/mol. The van der Waals surface area contributed by atoms with Gasteiger partial charge in [-0.15, -0.1) is 5.10 Å². The first-order chi connectivity index (χ1) is 14.0. The smallest absolute Gasteiger partial charge is 0.337 e. The Bertz CT molecular complexity index is 1250. The second-order valence-electron chi connectivity index (χ2n) is 5.87. The van der Waals surface area contributed by atoms with Crippen LogP contribution in [0.5, 0.6) is 0 Å². The van der Waals surface area contributed by atoms with E-state index in [-0.39, 0.29) is 5.56 Å². The zero-order valence-corrected chi connectivity index (χ0v) is 16.6. The molecule has 0 aliphatic heterocycles. The largest absolute Gasteiger partial charge is 0.465 e. The Labute approximate surface area is 173 Å². The summed E-state index contributed by atoms with van der Waals surface area (Å²) in [5, 5.41) is 13.2. The number of thioether (sulfide) groups is 1. The third-order valence-electron chi connectivity index (χ3n) is 4.03. The third-order valence-corrected chi connectivity index (χ3v) is 5.21. The number of H-pyrrole nitrogens is 1. The number of hydrogen-bond acceptors (Lipinski definition) is 8. The SMILES string of the molecule is COC(=O)c1ccc2c(=O)[nH]c(CSc3nnnn3-c3ccc(Cl)cc3)nc2c1. The van der Waals surface area contributed by atoms with Crippen molar-refractivity contribution in [3.63, 3.8) is 0 Å². The molecule has 0 saturated carbocycles. The van der Waals surface area contributed by atoms with E-state index in [0.717, 1.165) is 5.69 Å². The number of hydrogen-bond donors (Lipinski definition) is 1. The van der Waals surface area contributed by atoms with Gasteiger partial charge in [-0.25, -0.2) is 9.78 Å². The van der Waals surface area contributed by atoms with E-state index >= 15 is 0 Å². The normalized spacial score (nSPS) is 11.0. The molecule has 2 aromatic heterocycles. The fourth-order valence-electron chi connectivity index (χ4n) is 2.65. The minimum Gasteiger partial charge on any atom is -0.465 e. The maximum Gasteiger partial charge on any atom is 0.337 e. The van der Waals surface area contributed by atoms with Crippen LogP contribution in [0.1, 0.15) is 16.2 Å². The zero-order chi connectivity index (χ0) is 20.4. The molecule has 1 N–H and O–H groups in total. The van der Waals surface area contributed by atoms with E-state index in [1.165, 1.54) is 31.0 Å². The summed E-state index contributed by atoms with van der Waals surface area (Å²) in [4.78, 5) is 31.3. The highest BCUT2D eigenvalue weighted by molar-refractivity contribution is 7.98. The molecule has 0 radical (unpaired) electrons. The number of aromatic amines is 1. The van der Waals surface area contributed by atoms with E-state index in [0.29, 0.717) is 38.2 Å².